The van der Waals surface area contributed by atoms with Crippen molar-refractivity contribution < 1.29 is 8.42 Å². The van der Waals surface area contributed by atoms with Crippen LogP contribution in [-0.4, -0.2) is 8.42 Å². The molecule has 0 unspecified atom stereocenters. The molecule has 0 aliphatic rings. The first-order valence-corrected chi connectivity index (χ1v) is 8.15. The number of nitrogens with two attached hydrogens (primary N) is 1. The molecule has 5 nitrogen and oxygen atoms in total. The number of halogens is 1. The number of nitrogens with one attached hydrogen (secondary N) is 1. The third-order valence-corrected chi connectivity index (χ3v) is 5.36. The topological polar surface area (TPSA) is 96.0 Å². The van der Waals surface area contributed by atoms with Crippen LogP contribution in [0.4, 0.5) is 10.7 Å². The van der Waals surface area contributed by atoms with Gasteiger partial charge >= 0.3 is 0 Å². The number of rotatable bonds is 3. The van der Waals surface area contributed by atoms with Crippen LogP contribution in [0.2, 0.25) is 5.02 Å². The molecule has 0 aliphatic heterocycles. The van der Waals surface area contributed by atoms with Crippen molar-refractivity contribution in [2.24, 2.45) is 0 Å². The lowest BCUT2D eigenvalue weighted by Gasteiger charge is -2.10. The molecule has 104 valence electrons. The molecule has 3 N–H and O–H groups in total. The summed E-state index contributed by atoms with van der Waals surface area (Å²) in [6.07, 6.45) is 0. The molecule has 0 radical (unpaired) electrons. The lowest BCUT2D eigenvalue weighted by atomic mass is 10.2. The van der Waals surface area contributed by atoms with E-state index >= 15 is 0 Å². The Morgan fingerprint density at radius 3 is 2.75 bits per heavy atom. The first-order chi connectivity index (χ1) is 9.35. The van der Waals surface area contributed by atoms with Gasteiger partial charge in [-0.2, -0.15) is 5.26 Å². The smallest absolute Gasteiger partial charge is 0.262 e. The summed E-state index contributed by atoms with van der Waals surface area (Å²) in [7, 11) is -3.83. The van der Waals surface area contributed by atoms with Gasteiger partial charge in [-0.05, 0) is 36.1 Å². The number of nitriles is 1. The van der Waals surface area contributed by atoms with Crippen molar-refractivity contribution in [3.63, 3.8) is 0 Å². The standard InChI is InChI=1S/C12H10ClN3O2S2/c1-7-10(13)4-9(5-11(7)15)20(17,18)16-12-8(6-14)2-3-19-12/h2-5,16H,15H2,1H3. The Morgan fingerprint density at radius 2 is 2.15 bits per heavy atom. The summed E-state index contributed by atoms with van der Waals surface area (Å²) in [5, 5.41) is 11.1. The van der Waals surface area contributed by atoms with Crippen LogP contribution < -0.4 is 10.5 Å². The number of benzene rings is 1. The normalized spacial score (nSPS) is 11.1. The maximum atomic E-state index is 12.3. The molecule has 0 fully saturated rings. The third-order valence-electron chi connectivity index (χ3n) is 2.68. The van der Waals surface area contributed by atoms with Gasteiger partial charge in [0.25, 0.3) is 10.0 Å². The van der Waals surface area contributed by atoms with Crippen molar-refractivity contribution in [1.82, 2.24) is 0 Å². The van der Waals surface area contributed by atoms with E-state index in [0.29, 0.717) is 11.3 Å². The molecule has 0 saturated heterocycles. The van der Waals surface area contributed by atoms with Gasteiger partial charge in [-0.15, -0.1) is 11.3 Å². The van der Waals surface area contributed by atoms with Crippen molar-refractivity contribution in [3.8, 4) is 6.07 Å². The van der Waals surface area contributed by atoms with Crippen molar-refractivity contribution >= 4 is 43.6 Å². The summed E-state index contributed by atoms with van der Waals surface area (Å²) < 4.78 is 26.9. The predicted molar refractivity (Wildman–Crippen MR) is 80.4 cm³/mol. The van der Waals surface area contributed by atoms with E-state index in [1.807, 2.05) is 6.07 Å². The van der Waals surface area contributed by atoms with E-state index in [2.05, 4.69) is 4.72 Å². The van der Waals surface area contributed by atoms with Gasteiger partial charge in [0.05, 0.1) is 10.5 Å². The molecular weight excluding hydrogens is 318 g/mol. The highest BCUT2D eigenvalue weighted by atomic mass is 35.5. The van der Waals surface area contributed by atoms with Crippen LogP contribution >= 0.6 is 22.9 Å². The van der Waals surface area contributed by atoms with Crippen LogP contribution in [-0.2, 0) is 10.0 Å². The molecular formula is C12H10ClN3O2S2. The minimum absolute atomic E-state index is 0.0390. The van der Waals surface area contributed by atoms with Crippen molar-refractivity contribution in [2.75, 3.05) is 10.5 Å². The largest absolute Gasteiger partial charge is 0.398 e. The van der Waals surface area contributed by atoms with E-state index in [-0.39, 0.29) is 20.5 Å². The maximum Gasteiger partial charge on any atom is 0.262 e. The molecule has 2 aromatic rings. The molecule has 0 bridgehead atoms. The van der Waals surface area contributed by atoms with Crippen LogP contribution in [0.5, 0.6) is 0 Å². The van der Waals surface area contributed by atoms with Crippen LogP contribution in [0.15, 0.2) is 28.5 Å². The summed E-state index contributed by atoms with van der Waals surface area (Å²) in [6.45, 7) is 1.70. The maximum absolute atomic E-state index is 12.3. The SMILES string of the molecule is Cc1c(N)cc(S(=O)(=O)Nc2sccc2C#N)cc1Cl. The molecule has 0 aliphatic carbocycles. The highest BCUT2D eigenvalue weighted by Gasteiger charge is 2.19. The lowest BCUT2D eigenvalue weighted by molar-refractivity contribution is 0.601. The van der Waals surface area contributed by atoms with Crippen LogP contribution in [0.1, 0.15) is 11.1 Å². The van der Waals surface area contributed by atoms with Crippen LogP contribution in [0.3, 0.4) is 0 Å². The predicted octanol–water partition coefficient (Wildman–Crippen LogP) is 2.96. The summed E-state index contributed by atoms with van der Waals surface area (Å²) in [5.74, 6) is 0. The average molecular weight is 328 g/mol. The fourth-order valence-corrected chi connectivity index (χ4v) is 3.91. The highest BCUT2D eigenvalue weighted by molar-refractivity contribution is 7.93. The number of hydrogen-bond acceptors (Lipinski definition) is 5. The Kier molecular flexibility index (Phi) is 3.90. The second-order valence-corrected chi connectivity index (χ2v) is 7.01. The number of anilines is 2. The van der Waals surface area contributed by atoms with Gasteiger partial charge in [0, 0.05) is 10.7 Å². The molecule has 1 heterocycles. The lowest BCUT2D eigenvalue weighted by Crippen LogP contribution is -2.13. The van der Waals surface area contributed by atoms with E-state index in [4.69, 9.17) is 22.6 Å². The number of nitrogens with zero attached hydrogens (tertiary/aromatic N) is 1. The second-order valence-electron chi connectivity index (χ2n) is 4.00. The molecule has 0 amide bonds. The molecule has 2 rings (SSSR count). The van der Waals surface area contributed by atoms with E-state index < -0.39 is 10.0 Å². The summed E-state index contributed by atoms with van der Waals surface area (Å²) in [5.41, 5.74) is 6.91. The van der Waals surface area contributed by atoms with E-state index in [1.165, 1.54) is 12.1 Å². The number of nitrogen functional groups attached to an aromatic ring is 1. The third kappa shape index (κ3) is 2.72. The number of hydrogen-bond donors (Lipinski definition) is 2. The van der Waals surface area contributed by atoms with Gasteiger partial charge in [0.15, 0.2) is 0 Å². The van der Waals surface area contributed by atoms with Crippen LogP contribution in [0.25, 0.3) is 0 Å². The zero-order valence-corrected chi connectivity index (χ0v) is 12.7. The number of thiophene rings is 1. The summed E-state index contributed by atoms with van der Waals surface area (Å²) >= 11 is 7.07. The van der Waals surface area contributed by atoms with E-state index in [9.17, 15) is 8.42 Å². The Labute approximate surface area is 125 Å². The fourth-order valence-electron chi connectivity index (χ4n) is 1.49. The van der Waals surface area contributed by atoms with E-state index in [0.717, 1.165) is 11.3 Å². The minimum Gasteiger partial charge on any atom is -0.398 e. The first-order valence-electron chi connectivity index (χ1n) is 5.41. The van der Waals surface area contributed by atoms with Crippen molar-refractivity contribution in [1.29, 1.82) is 5.26 Å². The minimum atomic E-state index is -3.83. The molecule has 1 aromatic heterocycles. The first kappa shape index (κ1) is 14.7. The molecule has 20 heavy (non-hydrogen) atoms. The highest BCUT2D eigenvalue weighted by Crippen LogP contribution is 2.29. The summed E-state index contributed by atoms with van der Waals surface area (Å²) in [4.78, 5) is -0.0390. The Morgan fingerprint density at radius 1 is 1.45 bits per heavy atom. The van der Waals surface area contributed by atoms with E-state index in [1.54, 1.807) is 18.4 Å². The molecule has 1 aromatic carbocycles. The quantitative estimate of drug-likeness (QED) is 0.847. The van der Waals surface area contributed by atoms with Gasteiger partial charge < -0.3 is 5.73 Å². The van der Waals surface area contributed by atoms with Gasteiger partial charge in [0.1, 0.15) is 11.1 Å². The molecule has 8 heteroatoms. The zero-order valence-electron chi connectivity index (χ0n) is 10.3. The van der Waals surface area contributed by atoms with Gasteiger partial charge in [-0.3, -0.25) is 4.72 Å². The van der Waals surface area contributed by atoms with Crippen molar-refractivity contribution in [3.05, 3.63) is 39.7 Å². The zero-order chi connectivity index (χ0) is 14.9. The molecule has 0 spiro atoms. The Bertz CT molecular complexity index is 783. The number of sulfonamides is 1. The molecule has 0 atom stereocenters. The van der Waals surface area contributed by atoms with Gasteiger partial charge in [-0.25, -0.2) is 8.42 Å². The summed E-state index contributed by atoms with van der Waals surface area (Å²) in [6, 6.07) is 6.12. The van der Waals surface area contributed by atoms with Crippen LogP contribution in [0, 0.1) is 18.3 Å². The monoisotopic (exact) mass is 327 g/mol. The fraction of sp³-hybridized carbons (Fsp3) is 0.0833. The Hall–Kier alpha value is -1.75. The molecule has 0 saturated carbocycles. The van der Waals surface area contributed by atoms with Crippen molar-refractivity contribution in [2.45, 2.75) is 11.8 Å². The van der Waals surface area contributed by atoms with Gasteiger partial charge in [-0.1, -0.05) is 11.6 Å². The van der Waals surface area contributed by atoms with Gasteiger partial charge in [0.2, 0.25) is 0 Å². The average Bonchev–Trinajstić information content (AvgIpc) is 2.81. The Balaban J connectivity index is 2.44. The second kappa shape index (κ2) is 5.32.